The number of rotatable bonds is 3. The number of anilines is 1. The van der Waals surface area contributed by atoms with Gasteiger partial charge >= 0.3 is 5.97 Å². The summed E-state index contributed by atoms with van der Waals surface area (Å²) < 4.78 is 4.17. The molecule has 0 spiro atoms. The first-order valence-corrected chi connectivity index (χ1v) is 5.81. The number of aryl methyl sites for hydroxylation is 1. The molecule has 1 aliphatic heterocycles. The predicted molar refractivity (Wildman–Crippen MR) is 57.3 cm³/mol. The molecule has 0 bridgehead atoms. The van der Waals surface area contributed by atoms with E-state index in [1.807, 2.05) is 11.8 Å². The van der Waals surface area contributed by atoms with E-state index in [1.165, 1.54) is 11.5 Å². The molecule has 2 heterocycles. The number of aliphatic carboxylic acids is 1. The van der Waals surface area contributed by atoms with Gasteiger partial charge < -0.3 is 10.0 Å². The largest absolute Gasteiger partial charge is 0.480 e. The summed E-state index contributed by atoms with van der Waals surface area (Å²) in [6.45, 7) is 2.76. The highest BCUT2D eigenvalue weighted by Gasteiger charge is 2.32. The number of nitrogens with zero attached hydrogens (tertiary/aromatic N) is 3. The molecule has 0 amide bonds. The van der Waals surface area contributed by atoms with Crippen molar-refractivity contribution in [3.05, 3.63) is 5.82 Å². The summed E-state index contributed by atoms with van der Waals surface area (Å²) in [4.78, 5) is 17.1. The van der Waals surface area contributed by atoms with Gasteiger partial charge in [0, 0.05) is 24.5 Å². The highest BCUT2D eigenvalue weighted by Crippen LogP contribution is 2.27. The smallest absolute Gasteiger partial charge is 0.326 e. The molecule has 5 nitrogen and oxygen atoms in total. The second-order valence-corrected chi connectivity index (χ2v) is 4.27. The number of hydrogen-bond donors (Lipinski definition) is 1. The molecule has 1 aromatic rings. The molecule has 1 aromatic heterocycles. The van der Waals surface area contributed by atoms with Gasteiger partial charge in [0.2, 0.25) is 5.13 Å². The summed E-state index contributed by atoms with van der Waals surface area (Å²) in [6, 6.07) is -0.414. The summed E-state index contributed by atoms with van der Waals surface area (Å²) in [6.07, 6.45) is 2.41. The molecule has 15 heavy (non-hydrogen) atoms. The molecule has 0 saturated carbocycles. The lowest BCUT2D eigenvalue weighted by Crippen LogP contribution is -2.35. The molecule has 0 unspecified atom stereocenters. The highest BCUT2D eigenvalue weighted by molar-refractivity contribution is 7.09. The van der Waals surface area contributed by atoms with Crippen LogP contribution in [0.2, 0.25) is 0 Å². The Morgan fingerprint density at radius 2 is 2.53 bits per heavy atom. The maximum absolute atomic E-state index is 11.0. The van der Waals surface area contributed by atoms with Crippen molar-refractivity contribution < 1.29 is 9.90 Å². The van der Waals surface area contributed by atoms with E-state index >= 15 is 0 Å². The third kappa shape index (κ3) is 1.94. The summed E-state index contributed by atoms with van der Waals surface area (Å²) in [7, 11) is 0. The number of aromatic nitrogens is 2. The first-order valence-electron chi connectivity index (χ1n) is 5.04. The molecule has 2 rings (SSSR count). The number of carbonyl (C=O) groups is 1. The third-order valence-corrected chi connectivity index (χ3v) is 3.35. The Balaban J connectivity index is 2.18. The van der Waals surface area contributed by atoms with E-state index in [2.05, 4.69) is 9.36 Å². The highest BCUT2D eigenvalue weighted by atomic mass is 32.1. The lowest BCUT2D eigenvalue weighted by molar-refractivity contribution is -0.138. The van der Waals surface area contributed by atoms with Crippen LogP contribution in [0.4, 0.5) is 5.13 Å². The second kappa shape index (κ2) is 4.14. The van der Waals surface area contributed by atoms with Crippen LogP contribution in [0.15, 0.2) is 0 Å². The molecule has 1 saturated heterocycles. The van der Waals surface area contributed by atoms with Crippen LogP contribution >= 0.6 is 11.5 Å². The molecule has 0 aliphatic carbocycles. The average molecular weight is 227 g/mol. The van der Waals surface area contributed by atoms with Crippen LogP contribution in [0.25, 0.3) is 0 Å². The summed E-state index contributed by atoms with van der Waals surface area (Å²) >= 11 is 1.29. The van der Waals surface area contributed by atoms with Crippen molar-refractivity contribution in [2.24, 2.45) is 0 Å². The Hall–Kier alpha value is -1.17. The average Bonchev–Trinajstić information content (AvgIpc) is 2.85. The molecule has 1 aliphatic rings. The Morgan fingerprint density at radius 1 is 1.73 bits per heavy atom. The van der Waals surface area contributed by atoms with E-state index in [4.69, 9.17) is 5.11 Å². The van der Waals surface area contributed by atoms with Crippen LogP contribution in [0, 0.1) is 0 Å². The zero-order valence-corrected chi connectivity index (χ0v) is 9.33. The van der Waals surface area contributed by atoms with Gasteiger partial charge in [-0.2, -0.15) is 4.37 Å². The molecular formula is C9H13N3O2S. The number of hydrogen-bond acceptors (Lipinski definition) is 5. The molecule has 6 heteroatoms. The van der Waals surface area contributed by atoms with Crippen molar-refractivity contribution in [3.63, 3.8) is 0 Å². The summed E-state index contributed by atoms with van der Waals surface area (Å²) in [5.41, 5.74) is 0. The minimum atomic E-state index is -0.763. The van der Waals surface area contributed by atoms with Crippen LogP contribution in [-0.2, 0) is 11.2 Å². The fourth-order valence-corrected chi connectivity index (χ4v) is 2.58. The Bertz CT molecular complexity index is 366. The van der Waals surface area contributed by atoms with Gasteiger partial charge in [0.05, 0.1) is 0 Å². The molecule has 1 N–H and O–H groups in total. The van der Waals surface area contributed by atoms with E-state index in [0.29, 0.717) is 6.42 Å². The number of carboxylic acid groups (broad SMARTS) is 1. The normalized spacial score (nSPS) is 20.9. The molecular weight excluding hydrogens is 214 g/mol. The van der Waals surface area contributed by atoms with Gasteiger partial charge in [-0.05, 0) is 12.8 Å². The third-order valence-electron chi connectivity index (χ3n) is 2.56. The molecule has 82 valence electrons. The number of carboxylic acids is 1. The van der Waals surface area contributed by atoms with Crippen molar-refractivity contribution in [2.45, 2.75) is 32.2 Å². The fourth-order valence-electron chi connectivity index (χ4n) is 1.76. The Kier molecular flexibility index (Phi) is 2.86. The minimum absolute atomic E-state index is 0.414. The van der Waals surface area contributed by atoms with Gasteiger partial charge in [-0.1, -0.05) is 6.92 Å². The first kappa shape index (κ1) is 10.4. The van der Waals surface area contributed by atoms with Crippen LogP contribution in [0.1, 0.15) is 25.6 Å². The van der Waals surface area contributed by atoms with E-state index in [-0.39, 0.29) is 0 Å². The van der Waals surface area contributed by atoms with Gasteiger partial charge in [0.25, 0.3) is 0 Å². The summed E-state index contributed by atoms with van der Waals surface area (Å²) in [5, 5.41) is 9.77. The minimum Gasteiger partial charge on any atom is -0.480 e. The maximum Gasteiger partial charge on any atom is 0.326 e. The molecule has 1 atom stereocenters. The zero-order valence-electron chi connectivity index (χ0n) is 8.51. The first-order chi connectivity index (χ1) is 7.22. The van der Waals surface area contributed by atoms with E-state index < -0.39 is 12.0 Å². The molecule has 1 fully saturated rings. The van der Waals surface area contributed by atoms with E-state index in [9.17, 15) is 4.79 Å². The molecule has 0 aromatic carbocycles. The second-order valence-electron chi connectivity index (χ2n) is 3.54. The SMILES string of the molecule is CCc1nsc(N2CCC[C@H]2C(=O)O)n1. The Labute approximate surface area is 91.9 Å². The van der Waals surface area contributed by atoms with Gasteiger partial charge in [0.15, 0.2) is 0 Å². The van der Waals surface area contributed by atoms with E-state index in [0.717, 1.165) is 30.3 Å². The molecule has 0 radical (unpaired) electrons. The van der Waals surface area contributed by atoms with Crippen LogP contribution in [0.5, 0.6) is 0 Å². The quantitative estimate of drug-likeness (QED) is 0.839. The Morgan fingerprint density at radius 3 is 3.13 bits per heavy atom. The van der Waals surface area contributed by atoms with Gasteiger partial charge in [-0.15, -0.1) is 0 Å². The zero-order chi connectivity index (χ0) is 10.8. The van der Waals surface area contributed by atoms with Crippen LogP contribution < -0.4 is 4.90 Å². The van der Waals surface area contributed by atoms with Crippen LogP contribution in [0.3, 0.4) is 0 Å². The standard InChI is InChI=1S/C9H13N3O2S/c1-2-7-10-9(15-11-7)12-5-3-4-6(12)8(13)14/h6H,2-5H2,1H3,(H,13,14)/t6-/m0/s1. The van der Waals surface area contributed by atoms with E-state index in [1.54, 1.807) is 0 Å². The van der Waals surface area contributed by atoms with Crippen LogP contribution in [-0.4, -0.2) is 33.0 Å². The lowest BCUT2D eigenvalue weighted by Gasteiger charge is -2.19. The monoisotopic (exact) mass is 227 g/mol. The van der Waals surface area contributed by atoms with Crippen molar-refractivity contribution in [2.75, 3.05) is 11.4 Å². The van der Waals surface area contributed by atoms with Gasteiger partial charge in [0.1, 0.15) is 11.9 Å². The topological polar surface area (TPSA) is 66.3 Å². The maximum atomic E-state index is 11.0. The predicted octanol–water partition coefficient (Wildman–Crippen LogP) is 1.15. The lowest BCUT2D eigenvalue weighted by atomic mass is 10.2. The fraction of sp³-hybridized carbons (Fsp3) is 0.667. The summed E-state index contributed by atoms with van der Waals surface area (Å²) in [5.74, 6) is 0.0341. The van der Waals surface area contributed by atoms with Gasteiger partial charge in [-0.25, -0.2) is 9.78 Å². The van der Waals surface area contributed by atoms with Crippen molar-refractivity contribution >= 4 is 22.6 Å². The van der Waals surface area contributed by atoms with Crippen molar-refractivity contribution in [3.8, 4) is 0 Å². The van der Waals surface area contributed by atoms with Gasteiger partial charge in [-0.3, -0.25) is 0 Å². The van der Waals surface area contributed by atoms with Crippen molar-refractivity contribution in [1.29, 1.82) is 0 Å². The van der Waals surface area contributed by atoms with Crippen molar-refractivity contribution in [1.82, 2.24) is 9.36 Å².